The molecule has 7 heteroatoms. The van der Waals surface area contributed by atoms with E-state index in [2.05, 4.69) is 10.3 Å². The maximum atomic E-state index is 11.5. The fourth-order valence-electron chi connectivity index (χ4n) is 1.23. The largest absolute Gasteiger partial charge is 0.477 e. The van der Waals surface area contributed by atoms with Gasteiger partial charge in [0.1, 0.15) is 16.5 Å². The number of nitrogens with one attached hydrogen (secondary N) is 1. The van der Waals surface area contributed by atoms with Crippen LogP contribution < -0.4 is 5.32 Å². The number of carbonyl (C=O) groups excluding carboxylic acids is 1. The van der Waals surface area contributed by atoms with Gasteiger partial charge in [-0.15, -0.1) is 11.3 Å². The number of thiazole rings is 1. The third kappa shape index (κ3) is 5.35. The number of carbonyl (C=O) groups is 2. The highest BCUT2D eigenvalue weighted by atomic mass is 32.1. The van der Waals surface area contributed by atoms with E-state index in [9.17, 15) is 9.59 Å². The van der Waals surface area contributed by atoms with Crippen LogP contribution in [0.1, 0.15) is 41.1 Å². The highest BCUT2D eigenvalue weighted by Crippen LogP contribution is 2.17. The van der Waals surface area contributed by atoms with Crippen molar-refractivity contribution in [3.05, 3.63) is 15.6 Å². The van der Waals surface area contributed by atoms with Crippen molar-refractivity contribution in [2.45, 2.75) is 39.8 Å². The molecule has 0 radical (unpaired) electrons. The standard InChI is InChI=1S/C12H18N2O4S/c1-7-10(11(16)17)19-9(14-7)5-13-8(15)6-18-12(2,3)4/h5-6H2,1-4H3,(H,13,15)(H,16,17). The van der Waals surface area contributed by atoms with Crippen LogP contribution in [0.4, 0.5) is 0 Å². The first-order valence-corrected chi connectivity index (χ1v) is 6.61. The Morgan fingerprint density at radius 2 is 2.05 bits per heavy atom. The van der Waals surface area contributed by atoms with Gasteiger partial charge in [0.15, 0.2) is 0 Å². The number of rotatable bonds is 5. The van der Waals surface area contributed by atoms with Crippen molar-refractivity contribution >= 4 is 23.2 Å². The van der Waals surface area contributed by atoms with Crippen LogP contribution in [0.2, 0.25) is 0 Å². The molecule has 0 aliphatic heterocycles. The van der Waals surface area contributed by atoms with Crippen LogP contribution in [-0.4, -0.2) is 34.2 Å². The smallest absolute Gasteiger partial charge is 0.347 e. The molecule has 106 valence electrons. The van der Waals surface area contributed by atoms with E-state index in [1.165, 1.54) is 0 Å². The first-order valence-electron chi connectivity index (χ1n) is 5.79. The van der Waals surface area contributed by atoms with Crippen LogP contribution >= 0.6 is 11.3 Å². The van der Waals surface area contributed by atoms with Gasteiger partial charge < -0.3 is 15.2 Å². The number of hydrogen-bond donors (Lipinski definition) is 2. The van der Waals surface area contributed by atoms with E-state index in [1.807, 2.05) is 20.8 Å². The lowest BCUT2D eigenvalue weighted by Gasteiger charge is -2.18. The molecule has 0 atom stereocenters. The van der Waals surface area contributed by atoms with E-state index in [0.29, 0.717) is 10.7 Å². The Hall–Kier alpha value is -1.47. The lowest BCUT2D eigenvalue weighted by atomic mass is 10.2. The number of ether oxygens (including phenoxy) is 1. The van der Waals surface area contributed by atoms with Crippen LogP contribution in [0.5, 0.6) is 0 Å². The summed E-state index contributed by atoms with van der Waals surface area (Å²) in [5.74, 6) is -1.25. The van der Waals surface area contributed by atoms with Crippen molar-refractivity contribution in [2.24, 2.45) is 0 Å². The van der Waals surface area contributed by atoms with Crippen molar-refractivity contribution in [3.8, 4) is 0 Å². The number of carboxylic acid groups (broad SMARTS) is 1. The second kappa shape index (κ2) is 6.12. The van der Waals surface area contributed by atoms with Gasteiger partial charge in [-0.25, -0.2) is 9.78 Å². The predicted molar refractivity (Wildman–Crippen MR) is 71.4 cm³/mol. The summed E-state index contributed by atoms with van der Waals surface area (Å²) in [6, 6.07) is 0. The number of aromatic nitrogens is 1. The molecule has 2 N–H and O–H groups in total. The second-order valence-electron chi connectivity index (χ2n) is 5.01. The van der Waals surface area contributed by atoms with Crippen LogP contribution in [0, 0.1) is 6.92 Å². The molecule has 1 heterocycles. The van der Waals surface area contributed by atoms with Gasteiger partial charge in [-0.3, -0.25) is 4.79 Å². The summed E-state index contributed by atoms with van der Waals surface area (Å²) < 4.78 is 5.32. The minimum Gasteiger partial charge on any atom is -0.477 e. The molecule has 0 bridgehead atoms. The van der Waals surface area contributed by atoms with Gasteiger partial charge in [0, 0.05) is 0 Å². The molecule has 0 saturated carbocycles. The van der Waals surface area contributed by atoms with E-state index in [1.54, 1.807) is 6.92 Å². The lowest BCUT2D eigenvalue weighted by molar-refractivity contribution is -0.130. The van der Waals surface area contributed by atoms with Crippen molar-refractivity contribution in [3.63, 3.8) is 0 Å². The molecular weight excluding hydrogens is 268 g/mol. The Bertz CT molecular complexity index is 477. The van der Waals surface area contributed by atoms with Gasteiger partial charge in [-0.1, -0.05) is 0 Å². The maximum Gasteiger partial charge on any atom is 0.347 e. The summed E-state index contributed by atoms with van der Waals surface area (Å²) in [6.07, 6.45) is 0. The molecule has 0 saturated heterocycles. The number of carboxylic acids is 1. The monoisotopic (exact) mass is 286 g/mol. The minimum absolute atomic E-state index is 0.0281. The molecule has 1 amide bonds. The zero-order valence-electron chi connectivity index (χ0n) is 11.4. The van der Waals surface area contributed by atoms with E-state index in [4.69, 9.17) is 9.84 Å². The summed E-state index contributed by atoms with van der Waals surface area (Å²) >= 11 is 1.07. The number of amides is 1. The van der Waals surface area contributed by atoms with Crippen LogP contribution in [0.3, 0.4) is 0 Å². The van der Waals surface area contributed by atoms with E-state index in [0.717, 1.165) is 11.3 Å². The molecule has 6 nitrogen and oxygen atoms in total. The number of aromatic carboxylic acids is 1. The normalized spacial score (nSPS) is 11.4. The van der Waals surface area contributed by atoms with Crippen LogP contribution in [0.25, 0.3) is 0 Å². The van der Waals surface area contributed by atoms with E-state index in [-0.39, 0.29) is 29.5 Å². The van der Waals surface area contributed by atoms with Crippen molar-refractivity contribution in [1.82, 2.24) is 10.3 Å². The van der Waals surface area contributed by atoms with E-state index >= 15 is 0 Å². The zero-order chi connectivity index (χ0) is 14.6. The summed E-state index contributed by atoms with van der Waals surface area (Å²) in [6.45, 7) is 7.41. The van der Waals surface area contributed by atoms with Crippen molar-refractivity contribution in [1.29, 1.82) is 0 Å². The Balaban J connectivity index is 2.47. The third-order valence-electron chi connectivity index (χ3n) is 2.11. The third-order valence-corrected chi connectivity index (χ3v) is 3.25. The average Bonchev–Trinajstić information content (AvgIpc) is 2.64. The molecule has 1 aromatic heterocycles. The highest BCUT2D eigenvalue weighted by Gasteiger charge is 2.15. The summed E-state index contributed by atoms with van der Waals surface area (Å²) in [7, 11) is 0. The summed E-state index contributed by atoms with van der Waals surface area (Å²) in [5, 5.41) is 12.1. The van der Waals surface area contributed by atoms with Gasteiger partial charge in [0.05, 0.1) is 17.8 Å². The Morgan fingerprint density at radius 1 is 1.42 bits per heavy atom. The van der Waals surface area contributed by atoms with Gasteiger partial charge in [0.2, 0.25) is 5.91 Å². The number of aryl methyl sites for hydroxylation is 1. The molecule has 0 aliphatic carbocycles. The highest BCUT2D eigenvalue weighted by molar-refractivity contribution is 7.13. The lowest BCUT2D eigenvalue weighted by Crippen LogP contribution is -2.31. The first kappa shape index (κ1) is 15.6. The molecule has 0 fully saturated rings. The Morgan fingerprint density at radius 3 is 2.53 bits per heavy atom. The Labute approximate surface area is 115 Å². The molecule has 0 spiro atoms. The summed E-state index contributed by atoms with van der Waals surface area (Å²) in [5.41, 5.74) is 0.0960. The van der Waals surface area contributed by atoms with Gasteiger partial charge in [-0.05, 0) is 27.7 Å². The fraction of sp³-hybridized carbons (Fsp3) is 0.583. The number of hydrogen-bond acceptors (Lipinski definition) is 5. The van der Waals surface area contributed by atoms with Crippen LogP contribution in [-0.2, 0) is 16.1 Å². The fourth-order valence-corrected chi connectivity index (χ4v) is 2.08. The van der Waals surface area contributed by atoms with E-state index < -0.39 is 5.97 Å². The summed E-state index contributed by atoms with van der Waals surface area (Å²) in [4.78, 5) is 26.7. The average molecular weight is 286 g/mol. The van der Waals surface area contributed by atoms with Gasteiger partial charge in [-0.2, -0.15) is 0 Å². The molecule has 0 unspecified atom stereocenters. The Kier molecular flexibility index (Phi) is 5.02. The van der Waals surface area contributed by atoms with Crippen molar-refractivity contribution < 1.29 is 19.4 Å². The first-order chi connectivity index (χ1) is 8.69. The minimum atomic E-state index is -0.997. The topological polar surface area (TPSA) is 88.5 Å². The maximum absolute atomic E-state index is 11.5. The SMILES string of the molecule is Cc1nc(CNC(=O)COC(C)(C)C)sc1C(=O)O. The van der Waals surface area contributed by atoms with Crippen molar-refractivity contribution in [2.75, 3.05) is 6.61 Å². The van der Waals surface area contributed by atoms with Crippen LogP contribution in [0.15, 0.2) is 0 Å². The predicted octanol–water partition coefficient (Wildman–Crippen LogP) is 1.58. The second-order valence-corrected chi connectivity index (χ2v) is 6.09. The molecule has 0 aliphatic rings. The van der Waals surface area contributed by atoms with Gasteiger partial charge in [0.25, 0.3) is 0 Å². The molecule has 1 aromatic rings. The molecule has 0 aromatic carbocycles. The molecular formula is C12H18N2O4S. The van der Waals surface area contributed by atoms with Gasteiger partial charge >= 0.3 is 5.97 Å². The quantitative estimate of drug-likeness (QED) is 0.858. The zero-order valence-corrected chi connectivity index (χ0v) is 12.3. The number of nitrogens with zero attached hydrogens (tertiary/aromatic N) is 1. The molecule has 19 heavy (non-hydrogen) atoms. The molecule has 1 rings (SSSR count).